The molecule has 0 saturated heterocycles. The first-order chi connectivity index (χ1) is 15.7. The Bertz CT molecular complexity index is 1040. The topological polar surface area (TPSA) is 87.5 Å². The summed E-state index contributed by atoms with van der Waals surface area (Å²) in [4.78, 5) is 16.8. The summed E-state index contributed by atoms with van der Waals surface area (Å²) in [5, 5.41) is 7.54. The van der Waals surface area contributed by atoms with Crippen molar-refractivity contribution in [1.82, 2.24) is 14.8 Å². The number of nitrogens with one attached hydrogen (secondary N) is 1. The van der Waals surface area contributed by atoms with Crippen LogP contribution in [-0.2, 0) is 9.53 Å². The van der Waals surface area contributed by atoms with Crippen molar-refractivity contribution in [2.45, 2.75) is 26.2 Å². The first kappa shape index (κ1) is 21.8. The Hall–Kier alpha value is -3.39. The Balaban J connectivity index is 1.59. The van der Waals surface area contributed by atoms with Gasteiger partial charge in [-0.15, -0.1) is 5.10 Å². The van der Waals surface area contributed by atoms with Gasteiger partial charge in [0.15, 0.2) is 5.82 Å². The molecule has 4 rings (SSSR count). The first-order valence-corrected chi connectivity index (χ1v) is 10.9. The molecule has 3 aromatic rings. The van der Waals surface area contributed by atoms with Gasteiger partial charge in [-0.05, 0) is 56.2 Å². The minimum atomic E-state index is 0.0896. The third-order valence-corrected chi connectivity index (χ3v) is 5.43. The predicted molar refractivity (Wildman–Crippen MR) is 121 cm³/mol. The minimum absolute atomic E-state index is 0.0896. The van der Waals surface area contributed by atoms with Crippen molar-refractivity contribution in [3.05, 3.63) is 48.5 Å². The van der Waals surface area contributed by atoms with Crippen LogP contribution in [0.5, 0.6) is 11.8 Å². The molecule has 0 atom stereocenters. The van der Waals surface area contributed by atoms with Gasteiger partial charge in [0.1, 0.15) is 12.4 Å². The van der Waals surface area contributed by atoms with Gasteiger partial charge in [-0.1, -0.05) is 18.6 Å². The molecule has 2 aromatic carbocycles. The van der Waals surface area contributed by atoms with Gasteiger partial charge in [0.05, 0.1) is 19.4 Å². The number of methoxy groups -OCH3 is 1. The second-order valence-corrected chi connectivity index (χ2v) is 7.57. The van der Waals surface area contributed by atoms with Crippen LogP contribution in [0.25, 0.3) is 17.1 Å². The lowest BCUT2D eigenvalue weighted by Crippen LogP contribution is -2.27. The number of nitrogens with zero attached hydrogens (tertiary/aromatic N) is 3. The Labute approximate surface area is 187 Å². The lowest BCUT2D eigenvalue weighted by atomic mass is 9.85. The fraction of sp³-hybridized carbons (Fsp3) is 0.375. The van der Waals surface area contributed by atoms with Crippen LogP contribution >= 0.6 is 0 Å². The van der Waals surface area contributed by atoms with E-state index in [4.69, 9.17) is 14.2 Å². The second-order valence-electron chi connectivity index (χ2n) is 7.57. The van der Waals surface area contributed by atoms with Crippen LogP contribution in [0.4, 0.5) is 5.69 Å². The average Bonchev–Trinajstić information content (AvgIpc) is 3.20. The van der Waals surface area contributed by atoms with E-state index in [1.807, 2.05) is 55.5 Å². The highest BCUT2D eigenvalue weighted by molar-refractivity contribution is 5.93. The maximum absolute atomic E-state index is 12.2. The van der Waals surface area contributed by atoms with Gasteiger partial charge in [-0.2, -0.15) is 4.98 Å². The summed E-state index contributed by atoms with van der Waals surface area (Å²) in [6, 6.07) is 15.4. The third-order valence-electron chi connectivity index (χ3n) is 5.43. The van der Waals surface area contributed by atoms with E-state index in [0.717, 1.165) is 42.0 Å². The quantitative estimate of drug-likeness (QED) is 0.482. The maximum Gasteiger partial charge on any atom is 0.336 e. The zero-order valence-electron chi connectivity index (χ0n) is 18.4. The molecule has 168 valence electrons. The molecule has 1 aromatic heterocycles. The molecule has 1 heterocycles. The number of carbonyl (C=O) groups is 1. The van der Waals surface area contributed by atoms with Gasteiger partial charge in [-0.3, -0.25) is 4.79 Å². The Kier molecular flexibility index (Phi) is 7.01. The van der Waals surface area contributed by atoms with Gasteiger partial charge in [-0.25, -0.2) is 4.68 Å². The van der Waals surface area contributed by atoms with E-state index >= 15 is 0 Å². The van der Waals surface area contributed by atoms with E-state index in [0.29, 0.717) is 25.6 Å². The molecule has 1 aliphatic rings. The average molecular weight is 437 g/mol. The fourth-order valence-electron chi connectivity index (χ4n) is 3.42. The highest BCUT2D eigenvalue weighted by atomic mass is 16.5. The summed E-state index contributed by atoms with van der Waals surface area (Å²) in [7, 11) is 1.63. The van der Waals surface area contributed by atoms with Crippen LogP contribution in [-0.4, -0.2) is 47.6 Å². The van der Waals surface area contributed by atoms with Gasteiger partial charge in [0.25, 0.3) is 0 Å². The fourth-order valence-corrected chi connectivity index (χ4v) is 3.42. The summed E-state index contributed by atoms with van der Waals surface area (Å²) >= 11 is 0. The molecule has 1 amide bonds. The molecule has 1 aliphatic carbocycles. The lowest BCUT2D eigenvalue weighted by molar-refractivity contribution is -0.122. The van der Waals surface area contributed by atoms with Crippen LogP contribution < -0.4 is 14.8 Å². The minimum Gasteiger partial charge on any atom is -0.497 e. The summed E-state index contributed by atoms with van der Waals surface area (Å²) < 4.78 is 18.1. The molecular formula is C24H28N4O4. The number of carbonyl (C=O) groups excluding carboxylic acids is 1. The standard InChI is InChI=1S/C24H28N4O4/c1-3-31-14-15-32-24-26-22(18-8-5-9-21(16-18)30-2)28(27-24)20-12-10-19(11-13-20)25-23(29)17-6-4-7-17/h5,8-13,16-17H,3-4,6-7,14-15H2,1-2H3,(H,25,29). The Morgan fingerprint density at radius 3 is 2.66 bits per heavy atom. The van der Waals surface area contributed by atoms with Crippen LogP contribution in [0.3, 0.4) is 0 Å². The van der Waals surface area contributed by atoms with E-state index in [-0.39, 0.29) is 17.8 Å². The smallest absolute Gasteiger partial charge is 0.336 e. The van der Waals surface area contributed by atoms with Gasteiger partial charge in [0.2, 0.25) is 5.91 Å². The third kappa shape index (κ3) is 5.08. The number of benzene rings is 2. The zero-order valence-corrected chi connectivity index (χ0v) is 18.4. The Morgan fingerprint density at radius 1 is 1.16 bits per heavy atom. The number of aromatic nitrogens is 3. The van der Waals surface area contributed by atoms with Crippen molar-refractivity contribution in [3.8, 4) is 28.8 Å². The van der Waals surface area contributed by atoms with E-state index in [9.17, 15) is 4.79 Å². The van der Waals surface area contributed by atoms with Crippen molar-refractivity contribution in [3.63, 3.8) is 0 Å². The lowest BCUT2D eigenvalue weighted by Gasteiger charge is -2.24. The molecule has 8 nitrogen and oxygen atoms in total. The molecule has 1 saturated carbocycles. The van der Waals surface area contributed by atoms with Crippen molar-refractivity contribution >= 4 is 11.6 Å². The van der Waals surface area contributed by atoms with E-state index in [2.05, 4.69) is 15.4 Å². The largest absolute Gasteiger partial charge is 0.497 e. The van der Waals surface area contributed by atoms with Crippen LogP contribution in [0.15, 0.2) is 48.5 Å². The SMILES string of the molecule is CCOCCOc1nc(-c2cccc(OC)c2)n(-c2ccc(NC(=O)C3CCC3)cc2)n1. The summed E-state index contributed by atoms with van der Waals surface area (Å²) in [5.74, 6) is 1.58. The first-order valence-electron chi connectivity index (χ1n) is 10.9. The van der Waals surface area contributed by atoms with Crippen LogP contribution in [0.2, 0.25) is 0 Å². The van der Waals surface area contributed by atoms with Crippen molar-refractivity contribution in [2.24, 2.45) is 5.92 Å². The zero-order chi connectivity index (χ0) is 22.3. The second kappa shape index (κ2) is 10.3. The summed E-state index contributed by atoms with van der Waals surface area (Å²) in [6.07, 6.45) is 3.07. The number of hydrogen-bond donors (Lipinski definition) is 1. The number of anilines is 1. The van der Waals surface area contributed by atoms with Gasteiger partial charge >= 0.3 is 6.01 Å². The number of ether oxygens (including phenoxy) is 3. The van der Waals surface area contributed by atoms with E-state index in [1.165, 1.54) is 0 Å². The molecule has 8 heteroatoms. The van der Waals surface area contributed by atoms with Crippen LogP contribution in [0, 0.1) is 5.92 Å². The van der Waals surface area contributed by atoms with E-state index < -0.39 is 0 Å². The molecule has 0 unspecified atom stereocenters. The highest BCUT2D eigenvalue weighted by Crippen LogP contribution is 2.29. The molecule has 1 fully saturated rings. The molecule has 1 N–H and O–H groups in total. The van der Waals surface area contributed by atoms with Crippen molar-refractivity contribution < 1.29 is 19.0 Å². The van der Waals surface area contributed by atoms with Crippen molar-refractivity contribution in [1.29, 1.82) is 0 Å². The number of rotatable bonds is 10. The normalized spacial score (nSPS) is 13.4. The van der Waals surface area contributed by atoms with Gasteiger partial charge < -0.3 is 19.5 Å². The van der Waals surface area contributed by atoms with Crippen LogP contribution in [0.1, 0.15) is 26.2 Å². The summed E-state index contributed by atoms with van der Waals surface area (Å²) in [5.41, 5.74) is 2.41. The van der Waals surface area contributed by atoms with Gasteiger partial charge in [0, 0.05) is 23.8 Å². The molecule has 0 radical (unpaired) electrons. The van der Waals surface area contributed by atoms with E-state index in [1.54, 1.807) is 11.8 Å². The Morgan fingerprint density at radius 2 is 1.97 bits per heavy atom. The molecule has 0 spiro atoms. The number of amides is 1. The molecular weight excluding hydrogens is 408 g/mol. The monoisotopic (exact) mass is 436 g/mol. The summed E-state index contributed by atoms with van der Waals surface area (Å²) in [6.45, 7) is 3.40. The molecule has 0 aliphatic heterocycles. The maximum atomic E-state index is 12.2. The number of hydrogen-bond acceptors (Lipinski definition) is 6. The molecule has 32 heavy (non-hydrogen) atoms. The molecule has 0 bridgehead atoms. The highest BCUT2D eigenvalue weighted by Gasteiger charge is 2.25. The van der Waals surface area contributed by atoms with Crippen molar-refractivity contribution in [2.75, 3.05) is 32.2 Å². The predicted octanol–water partition coefficient (Wildman–Crippen LogP) is 4.10.